The second-order valence-electron chi connectivity index (χ2n) is 4.31. The number of nitrogens with one attached hydrogen (secondary N) is 1. The minimum Gasteiger partial charge on any atom is -0.378 e. The third-order valence-corrected chi connectivity index (χ3v) is 3.00. The van der Waals surface area contributed by atoms with Crippen molar-refractivity contribution in [3.63, 3.8) is 0 Å². The average molecular weight is 244 g/mol. The Balaban J connectivity index is 2.18. The van der Waals surface area contributed by atoms with Gasteiger partial charge in [0.2, 0.25) is 0 Å². The van der Waals surface area contributed by atoms with Crippen molar-refractivity contribution in [3.05, 3.63) is 59.7 Å². The Morgan fingerprint density at radius 1 is 1.28 bits per heavy atom. The summed E-state index contributed by atoms with van der Waals surface area (Å²) in [7, 11) is 0. The van der Waals surface area contributed by atoms with Crippen molar-refractivity contribution in [1.29, 1.82) is 0 Å². The number of hydrogen-bond acceptors (Lipinski definition) is 2. The normalized spacial score (nSPS) is 12.2. The molecule has 0 bridgehead atoms. The first-order valence-corrected chi connectivity index (χ1v) is 6.15. The fraction of sp³-hybridized carbons (Fsp3) is 0.267. The molecule has 0 saturated carbocycles. The summed E-state index contributed by atoms with van der Waals surface area (Å²) in [4.78, 5) is 3.87. The highest BCUT2D eigenvalue weighted by atomic mass is 19.1. The van der Waals surface area contributed by atoms with Gasteiger partial charge in [-0.2, -0.15) is 0 Å². The molecule has 0 aliphatic rings. The summed E-state index contributed by atoms with van der Waals surface area (Å²) in [6, 6.07) is 9.71. The Kier molecular flexibility index (Phi) is 3.92. The molecule has 0 aliphatic carbocycles. The molecule has 2 rings (SSSR count). The van der Waals surface area contributed by atoms with Crippen LogP contribution in [0, 0.1) is 5.82 Å². The Morgan fingerprint density at radius 2 is 2.06 bits per heavy atom. The van der Waals surface area contributed by atoms with E-state index >= 15 is 0 Å². The lowest BCUT2D eigenvalue weighted by molar-refractivity contribution is 0.616. The van der Waals surface area contributed by atoms with Gasteiger partial charge in [0, 0.05) is 11.9 Å². The van der Waals surface area contributed by atoms with Gasteiger partial charge in [-0.25, -0.2) is 4.39 Å². The van der Waals surface area contributed by atoms with Gasteiger partial charge < -0.3 is 5.32 Å². The third-order valence-electron chi connectivity index (χ3n) is 3.00. The highest BCUT2D eigenvalue weighted by Crippen LogP contribution is 2.22. The Bertz CT molecular complexity index is 525. The lowest BCUT2D eigenvalue weighted by atomic mass is 10.1. The molecule has 1 unspecified atom stereocenters. The van der Waals surface area contributed by atoms with Crippen molar-refractivity contribution >= 4 is 5.69 Å². The third kappa shape index (κ3) is 2.86. The van der Waals surface area contributed by atoms with E-state index in [4.69, 9.17) is 0 Å². The van der Waals surface area contributed by atoms with E-state index in [0.29, 0.717) is 0 Å². The summed E-state index contributed by atoms with van der Waals surface area (Å²) in [5.41, 5.74) is 3.20. The SMILES string of the molecule is CCc1ccccc1NC(C)c1cncc(F)c1. The average Bonchev–Trinajstić information content (AvgIpc) is 2.39. The maximum absolute atomic E-state index is 13.1. The van der Waals surface area contributed by atoms with E-state index in [1.54, 1.807) is 6.20 Å². The van der Waals surface area contributed by atoms with Crippen LogP contribution in [0.3, 0.4) is 0 Å². The molecule has 0 spiro atoms. The fourth-order valence-corrected chi connectivity index (χ4v) is 1.95. The minimum atomic E-state index is -0.301. The van der Waals surface area contributed by atoms with Crippen LogP contribution in [-0.4, -0.2) is 4.98 Å². The number of aromatic nitrogens is 1. The van der Waals surface area contributed by atoms with Crippen LogP contribution in [0.25, 0.3) is 0 Å². The van der Waals surface area contributed by atoms with Gasteiger partial charge in [0.1, 0.15) is 5.82 Å². The molecule has 1 heterocycles. The largest absolute Gasteiger partial charge is 0.378 e. The van der Waals surface area contributed by atoms with Gasteiger partial charge >= 0.3 is 0 Å². The molecule has 2 nitrogen and oxygen atoms in total. The van der Waals surface area contributed by atoms with Gasteiger partial charge in [-0.1, -0.05) is 25.1 Å². The Morgan fingerprint density at radius 3 is 2.78 bits per heavy atom. The van der Waals surface area contributed by atoms with E-state index < -0.39 is 0 Å². The van der Waals surface area contributed by atoms with Crippen molar-refractivity contribution in [2.45, 2.75) is 26.3 Å². The van der Waals surface area contributed by atoms with Crippen molar-refractivity contribution in [2.75, 3.05) is 5.32 Å². The predicted molar refractivity (Wildman–Crippen MR) is 72.1 cm³/mol. The van der Waals surface area contributed by atoms with E-state index in [1.165, 1.54) is 17.8 Å². The summed E-state index contributed by atoms with van der Waals surface area (Å²) in [5.74, 6) is -0.301. The zero-order chi connectivity index (χ0) is 13.0. The topological polar surface area (TPSA) is 24.9 Å². The molecule has 3 heteroatoms. The number of benzene rings is 1. The van der Waals surface area contributed by atoms with Crippen molar-refractivity contribution in [1.82, 2.24) is 4.98 Å². The molecule has 1 aromatic heterocycles. The van der Waals surface area contributed by atoms with Crippen LogP contribution in [0.15, 0.2) is 42.7 Å². The maximum Gasteiger partial charge on any atom is 0.141 e. The van der Waals surface area contributed by atoms with E-state index in [-0.39, 0.29) is 11.9 Å². The molecular weight excluding hydrogens is 227 g/mol. The second kappa shape index (κ2) is 5.63. The molecule has 0 amide bonds. The monoisotopic (exact) mass is 244 g/mol. The molecule has 0 aliphatic heterocycles. The first-order valence-electron chi connectivity index (χ1n) is 6.15. The molecule has 1 atom stereocenters. The number of hydrogen-bond donors (Lipinski definition) is 1. The summed E-state index contributed by atoms with van der Waals surface area (Å²) in [6.07, 6.45) is 3.88. The molecule has 1 N–H and O–H groups in total. The van der Waals surface area contributed by atoms with Crippen molar-refractivity contribution in [3.8, 4) is 0 Å². The summed E-state index contributed by atoms with van der Waals surface area (Å²) >= 11 is 0. The van der Waals surface area contributed by atoms with Crippen molar-refractivity contribution in [2.24, 2.45) is 0 Å². The first kappa shape index (κ1) is 12.6. The first-order chi connectivity index (χ1) is 8.70. The van der Waals surface area contributed by atoms with Crippen LogP contribution in [0.2, 0.25) is 0 Å². The fourth-order valence-electron chi connectivity index (χ4n) is 1.95. The highest BCUT2D eigenvalue weighted by molar-refractivity contribution is 5.52. The number of aryl methyl sites for hydroxylation is 1. The van der Waals surface area contributed by atoms with Crippen LogP contribution < -0.4 is 5.32 Å². The van der Waals surface area contributed by atoms with Crippen LogP contribution in [-0.2, 0) is 6.42 Å². The number of para-hydroxylation sites is 1. The van der Waals surface area contributed by atoms with Gasteiger partial charge in [-0.3, -0.25) is 4.98 Å². The lowest BCUT2D eigenvalue weighted by Crippen LogP contribution is -2.08. The molecule has 1 aromatic carbocycles. The summed E-state index contributed by atoms with van der Waals surface area (Å²) < 4.78 is 13.1. The maximum atomic E-state index is 13.1. The number of halogens is 1. The molecule has 18 heavy (non-hydrogen) atoms. The zero-order valence-electron chi connectivity index (χ0n) is 10.7. The van der Waals surface area contributed by atoms with Gasteiger partial charge in [-0.05, 0) is 36.6 Å². The number of nitrogens with zero attached hydrogens (tertiary/aromatic N) is 1. The Labute approximate surface area is 107 Å². The molecule has 0 fully saturated rings. The lowest BCUT2D eigenvalue weighted by Gasteiger charge is -2.17. The van der Waals surface area contributed by atoms with Gasteiger partial charge in [0.05, 0.1) is 12.2 Å². The van der Waals surface area contributed by atoms with E-state index in [2.05, 4.69) is 23.3 Å². The second-order valence-corrected chi connectivity index (χ2v) is 4.31. The van der Waals surface area contributed by atoms with E-state index in [0.717, 1.165) is 17.7 Å². The smallest absolute Gasteiger partial charge is 0.141 e. The standard InChI is InChI=1S/C15H17FN2/c1-3-12-6-4-5-7-15(12)18-11(2)13-8-14(16)10-17-9-13/h4-11,18H,3H2,1-2H3. The van der Waals surface area contributed by atoms with Crippen molar-refractivity contribution < 1.29 is 4.39 Å². The van der Waals surface area contributed by atoms with Crippen LogP contribution >= 0.6 is 0 Å². The van der Waals surface area contributed by atoms with E-state index in [1.807, 2.05) is 25.1 Å². The van der Waals surface area contributed by atoms with Crippen LogP contribution in [0.4, 0.5) is 10.1 Å². The van der Waals surface area contributed by atoms with E-state index in [9.17, 15) is 4.39 Å². The molecule has 94 valence electrons. The van der Waals surface area contributed by atoms with Gasteiger partial charge in [0.15, 0.2) is 0 Å². The quantitative estimate of drug-likeness (QED) is 0.880. The zero-order valence-corrected chi connectivity index (χ0v) is 10.7. The van der Waals surface area contributed by atoms with Gasteiger partial charge in [-0.15, -0.1) is 0 Å². The molecule has 0 saturated heterocycles. The molecular formula is C15H17FN2. The number of rotatable bonds is 4. The minimum absolute atomic E-state index is 0.0286. The van der Waals surface area contributed by atoms with Crippen LogP contribution in [0.1, 0.15) is 31.0 Å². The van der Waals surface area contributed by atoms with Crippen LogP contribution in [0.5, 0.6) is 0 Å². The predicted octanol–water partition coefficient (Wildman–Crippen LogP) is 3.96. The molecule has 2 aromatic rings. The summed E-state index contributed by atoms with van der Waals surface area (Å²) in [6.45, 7) is 4.12. The highest BCUT2D eigenvalue weighted by Gasteiger charge is 2.08. The Hall–Kier alpha value is -1.90. The molecule has 0 radical (unpaired) electrons. The summed E-state index contributed by atoms with van der Waals surface area (Å²) in [5, 5.41) is 3.40. The van der Waals surface area contributed by atoms with Gasteiger partial charge in [0.25, 0.3) is 0 Å². The number of anilines is 1. The number of pyridine rings is 1.